The third-order valence-corrected chi connectivity index (χ3v) is 5.59. The van der Waals surface area contributed by atoms with E-state index in [9.17, 15) is 4.79 Å². The molecule has 3 rings (SSSR count). The third-order valence-electron chi connectivity index (χ3n) is 5.59. The second-order valence-electron chi connectivity index (χ2n) is 7.32. The lowest BCUT2D eigenvalue weighted by Gasteiger charge is -2.32. The van der Waals surface area contributed by atoms with Crippen molar-refractivity contribution >= 4 is 5.91 Å². The van der Waals surface area contributed by atoms with E-state index in [1.165, 1.54) is 24.0 Å². The Balaban J connectivity index is 1.57. The van der Waals surface area contributed by atoms with Crippen LogP contribution in [0.15, 0.2) is 12.1 Å². The van der Waals surface area contributed by atoms with Crippen LogP contribution in [0.4, 0.5) is 0 Å². The number of amides is 1. The van der Waals surface area contributed by atoms with Gasteiger partial charge in [-0.2, -0.15) is 0 Å². The second kappa shape index (κ2) is 8.09. The number of piperidine rings is 1. The number of carbonyl (C=O) groups excluding carboxylic acids is 1. The predicted octanol–water partition coefficient (Wildman–Crippen LogP) is 2.71. The summed E-state index contributed by atoms with van der Waals surface area (Å²) in [5, 5.41) is 0. The number of fused-ring (bicyclic) bond motifs is 1. The van der Waals surface area contributed by atoms with Crippen molar-refractivity contribution in [2.45, 2.75) is 39.2 Å². The number of rotatable bonds is 5. The van der Waals surface area contributed by atoms with E-state index in [0.29, 0.717) is 13.0 Å². The summed E-state index contributed by atoms with van der Waals surface area (Å²) in [6, 6.07) is 4.06. The molecular formula is C20H30N2O3. The molecule has 0 radical (unpaired) electrons. The van der Waals surface area contributed by atoms with E-state index in [0.717, 1.165) is 50.0 Å². The lowest BCUT2D eigenvalue weighted by atomic mass is 9.98. The Hall–Kier alpha value is -1.75. The van der Waals surface area contributed by atoms with Gasteiger partial charge >= 0.3 is 0 Å². The zero-order valence-electron chi connectivity index (χ0n) is 15.7. The highest BCUT2D eigenvalue weighted by Gasteiger charge is 2.23. The van der Waals surface area contributed by atoms with Crippen molar-refractivity contribution in [2.24, 2.45) is 5.92 Å². The molecule has 1 aromatic rings. The molecular weight excluding hydrogens is 316 g/mol. The molecule has 0 unspecified atom stereocenters. The molecule has 0 aliphatic carbocycles. The topological polar surface area (TPSA) is 42.0 Å². The number of hydrogen-bond acceptors (Lipinski definition) is 4. The zero-order chi connectivity index (χ0) is 17.8. The van der Waals surface area contributed by atoms with E-state index < -0.39 is 0 Å². The Morgan fingerprint density at radius 2 is 1.72 bits per heavy atom. The van der Waals surface area contributed by atoms with Crippen molar-refractivity contribution in [1.82, 2.24) is 9.80 Å². The summed E-state index contributed by atoms with van der Waals surface area (Å²) in [6.45, 7) is 6.93. The molecule has 1 saturated heterocycles. The number of likely N-dealkylation sites (tertiary alicyclic amines) is 1. The minimum Gasteiger partial charge on any atom is -0.493 e. The van der Waals surface area contributed by atoms with E-state index >= 15 is 0 Å². The summed E-state index contributed by atoms with van der Waals surface area (Å²) in [5.41, 5.74) is 2.43. The maximum atomic E-state index is 12.6. The van der Waals surface area contributed by atoms with E-state index in [2.05, 4.69) is 11.8 Å². The van der Waals surface area contributed by atoms with Gasteiger partial charge in [-0.1, -0.05) is 6.92 Å². The minimum absolute atomic E-state index is 0.263. The van der Waals surface area contributed by atoms with Gasteiger partial charge in [-0.05, 0) is 61.5 Å². The van der Waals surface area contributed by atoms with Gasteiger partial charge in [-0.25, -0.2) is 0 Å². The van der Waals surface area contributed by atoms with Gasteiger partial charge in [0.25, 0.3) is 0 Å². The number of ether oxygens (including phenoxy) is 2. The Morgan fingerprint density at radius 1 is 1.08 bits per heavy atom. The van der Waals surface area contributed by atoms with Crippen molar-refractivity contribution < 1.29 is 14.3 Å². The smallest absolute Gasteiger partial charge is 0.224 e. The van der Waals surface area contributed by atoms with Gasteiger partial charge in [-0.3, -0.25) is 4.79 Å². The van der Waals surface area contributed by atoms with Crippen LogP contribution in [0.3, 0.4) is 0 Å². The minimum atomic E-state index is 0.263. The summed E-state index contributed by atoms with van der Waals surface area (Å²) in [6.07, 6.45) is 4.01. The van der Waals surface area contributed by atoms with Crippen LogP contribution in [0.25, 0.3) is 0 Å². The first-order chi connectivity index (χ1) is 12.1. The third kappa shape index (κ3) is 4.27. The first kappa shape index (κ1) is 18.1. The number of benzene rings is 1. The van der Waals surface area contributed by atoms with Crippen LogP contribution in [-0.2, 0) is 17.8 Å². The van der Waals surface area contributed by atoms with Gasteiger partial charge in [0, 0.05) is 26.1 Å². The monoisotopic (exact) mass is 346 g/mol. The van der Waals surface area contributed by atoms with Gasteiger partial charge in [-0.15, -0.1) is 0 Å². The summed E-state index contributed by atoms with van der Waals surface area (Å²) in [4.78, 5) is 17.1. The molecule has 0 atom stereocenters. The molecule has 2 aliphatic heterocycles. The molecule has 5 heteroatoms. The second-order valence-corrected chi connectivity index (χ2v) is 7.32. The highest BCUT2D eigenvalue weighted by molar-refractivity contribution is 5.76. The fraction of sp³-hybridized carbons (Fsp3) is 0.650. The zero-order valence-corrected chi connectivity index (χ0v) is 15.7. The van der Waals surface area contributed by atoms with Gasteiger partial charge < -0.3 is 19.3 Å². The first-order valence-corrected chi connectivity index (χ1v) is 9.34. The molecule has 0 spiro atoms. The average molecular weight is 346 g/mol. The van der Waals surface area contributed by atoms with Gasteiger partial charge in [0.1, 0.15) is 0 Å². The molecule has 1 fully saturated rings. The van der Waals surface area contributed by atoms with Crippen molar-refractivity contribution in [3.63, 3.8) is 0 Å². The molecule has 2 aliphatic rings. The largest absolute Gasteiger partial charge is 0.493 e. The predicted molar refractivity (Wildman–Crippen MR) is 98.1 cm³/mol. The molecule has 0 N–H and O–H groups in total. The molecule has 2 heterocycles. The fourth-order valence-corrected chi connectivity index (χ4v) is 3.79. The SMILES string of the molecule is COc1cc2c(cc1OC)CN(C(=O)CCN1CCC(C)CC1)CC2. The van der Waals surface area contributed by atoms with Gasteiger partial charge in [0.15, 0.2) is 11.5 Å². The summed E-state index contributed by atoms with van der Waals surface area (Å²) in [7, 11) is 3.31. The maximum absolute atomic E-state index is 12.6. The first-order valence-electron chi connectivity index (χ1n) is 9.34. The average Bonchev–Trinajstić information content (AvgIpc) is 2.65. The Bertz CT molecular complexity index is 609. The molecule has 25 heavy (non-hydrogen) atoms. The van der Waals surface area contributed by atoms with Crippen LogP contribution in [0.2, 0.25) is 0 Å². The summed E-state index contributed by atoms with van der Waals surface area (Å²) >= 11 is 0. The Morgan fingerprint density at radius 3 is 2.36 bits per heavy atom. The quantitative estimate of drug-likeness (QED) is 0.822. The van der Waals surface area contributed by atoms with Crippen LogP contribution < -0.4 is 9.47 Å². The van der Waals surface area contributed by atoms with E-state index in [4.69, 9.17) is 9.47 Å². The molecule has 138 valence electrons. The lowest BCUT2D eigenvalue weighted by Crippen LogP contribution is -2.39. The highest BCUT2D eigenvalue weighted by atomic mass is 16.5. The molecule has 0 saturated carbocycles. The van der Waals surface area contributed by atoms with Crippen LogP contribution in [0.5, 0.6) is 11.5 Å². The number of methoxy groups -OCH3 is 2. The van der Waals surface area contributed by atoms with Crippen LogP contribution in [0.1, 0.15) is 37.3 Å². The number of carbonyl (C=O) groups is 1. The van der Waals surface area contributed by atoms with Crippen LogP contribution in [-0.4, -0.2) is 56.1 Å². The van der Waals surface area contributed by atoms with Crippen LogP contribution in [0, 0.1) is 5.92 Å². The Labute approximate surface area is 150 Å². The molecule has 5 nitrogen and oxygen atoms in total. The van der Waals surface area contributed by atoms with Crippen molar-refractivity contribution in [2.75, 3.05) is 40.4 Å². The van der Waals surface area contributed by atoms with Crippen molar-refractivity contribution in [3.05, 3.63) is 23.3 Å². The number of nitrogens with zero attached hydrogens (tertiary/aromatic N) is 2. The molecule has 0 bridgehead atoms. The maximum Gasteiger partial charge on any atom is 0.224 e. The Kier molecular flexibility index (Phi) is 5.84. The van der Waals surface area contributed by atoms with Crippen molar-refractivity contribution in [3.8, 4) is 11.5 Å². The van der Waals surface area contributed by atoms with Crippen LogP contribution >= 0.6 is 0 Å². The lowest BCUT2D eigenvalue weighted by molar-refractivity contribution is -0.132. The van der Waals surface area contributed by atoms with Gasteiger partial charge in [0.2, 0.25) is 5.91 Å². The number of hydrogen-bond donors (Lipinski definition) is 0. The summed E-state index contributed by atoms with van der Waals surface area (Å²) in [5.74, 6) is 2.59. The molecule has 1 amide bonds. The normalized spacial score (nSPS) is 18.8. The summed E-state index contributed by atoms with van der Waals surface area (Å²) < 4.78 is 10.8. The molecule has 0 aromatic heterocycles. The van der Waals surface area contributed by atoms with Gasteiger partial charge in [0.05, 0.1) is 14.2 Å². The fourth-order valence-electron chi connectivity index (χ4n) is 3.79. The van der Waals surface area contributed by atoms with E-state index in [1.54, 1.807) is 14.2 Å². The van der Waals surface area contributed by atoms with E-state index in [-0.39, 0.29) is 5.91 Å². The standard InChI is InChI=1S/C20H30N2O3/c1-15-4-8-21(9-5-15)10-7-20(23)22-11-6-16-12-18(24-2)19(25-3)13-17(16)14-22/h12-13,15H,4-11,14H2,1-3H3. The molecule has 1 aromatic carbocycles. The van der Waals surface area contributed by atoms with E-state index in [1.807, 2.05) is 17.0 Å². The van der Waals surface area contributed by atoms with Crippen molar-refractivity contribution in [1.29, 1.82) is 0 Å². The highest BCUT2D eigenvalue weighted by Crippen LogP contribution is 2.33.